The average molecular weight is 505 g/mol. The van der Waals surface area contributed by atoms with Gasteiger partial charge in [-0.25, -0.2) is 4.39 Å². The Bertz CT molecular complexity index is 1390. The summed E-state index contributed by atoms with van der Waals surface area (Å²) in [5, 5.41) is 11.8. The molecule has 0 bridgehead atoms. The number of carbonyl (C=O) groups excluding carboxylic acids is 1. The summed E-state index contributed by atoms with van der Waals surface area (Å²) in [6.45, 7) is 0.265. The molecule has 1 amide bonds. The maximum atomic E-state index is 15.4. The van der Waals surface area contributed by atoms with Gasteiger partial charge in [0.05, 0.1) is 0 Å². The molecule has 0 saturated heterocycles. The van der Waals surface area contributed by atoms with Crippen molar-refractivity contribution in [2.75, 3.05) is 11.7 Å². The molecule has 0 spiro atoms. The molecule has 3 heterocycles. The molecule has 1 N–H and O–H groups in total. The Balaban J connectivity index is 1.80. The van der Waals surface area contributed by atoms with Gasteiger partial charge in [-0.2, -0.15) is 13.2 Å². The van der Waals surface area contributed by atoms with E-state index in [2.05, 4.69) is 0 Å². The van der Waals surface area contributed by atoms with E-state index in [0.717, 1.165) is 22.6 Å². The first-order valence-electron chi connectivity index (χ1n) is 10.7. The summed E-state index contributed by atoms with van der Waals surface area (Å²) >= 11 is 1.46. The predicted octanol–water partition coefficient (Wildman–Crippen LogP) is 4.39. The van der Waals surface area contributed by atoms with Gasteiger partial charge in [-0.1, -0.05) is 30.3 Å². The lowest BCUT2D eigenvalue weighted by Crippen LogP contribution is -2.60. The lowest BCUT2D eigenvalue weighted by molar-refractivity contribution is -0.173. The molecule has 0 aliphatic carbocycles. The zero-order valence-corrected chi connectivity index (χ0v) is 19.1. The van der Waals surface area contributed by atoms with Crippen LogP contribution in [0.4, 0.5) is 17.6 Å². The van der Waals surface area contributed by atoms with Gasteiger partial charge < -0.3 is 10.0 Å². The van der Waals surface area contributed by atoms with E-state index in [4.69, 9.17) is 0 Å². The van der Waals surface area contributed by atoms with Crippen LogP contribution < -0.4 is 10.4 Å². The van der Waals surface area contributed by atoms with E-state index in [1.807, 2.05) is 12.1 Å². The molecule has 2 atom stereocenters. The zero-order chi connectivity index (χ0) is 25.1. The third kappa shape index (κ3) is 3.74. The second kappa shape index (κ2) is 8.33. The van der Waals surface area contributed by atoms with Crippen molar-refractivity contribution in [3.8, 4) is 5.75 Å². The quantitative estimate of drug-likeness (QED) is 0.524. The highest BCUT2D eigenvalue weighted by atomic mass is 32.2. The molecule has 5 rings (SSSR count). The summed E-state index contributed by atoms with van der Waals surface area (Å²) in [6.07, 6.45) is -3.55. The van der Waals surface area contributed by atoms with Gasteiger partial charge in [-0.3, -0.25) is 19.3 Å². The number of benzene rings is 2. The molecule has 2 aromatic carbocycles. The number of aromatic nitrogens is 1. The number of carbonyl (C=O) groups is 1. The predicted molar refractivity (Wildman–Crippen MR) is 121 cm³/mol. The van der Waals surface area contributed by atoms with E-state index in [-0.39, 0.29) is 5.56 Å². The van der Waals surface area contributed by atoms with Gasteiger partial charge in [-0.05, 0) is 30.2 Å². The molecular formula is C24H19F4N3O3S. The van der Waals surface area contributed by atoms with Crippen molar-refractivity contribution in [1.29, 1.82) is 0 Å². The second-order valence-electron chi connectivity index (χ2n) is 8.34. The number of alkyl halides is 3. The Morgan fingerprint density at radius 3 is 2.57 bits per heavy atom. The lowest BCUT2D eigenvalue weighted by atomic mass is 9.93. The maximum absolute atomic E-state index is 15.4. The molecular weight excluding hydrogens is 486 g/mol. The van der Waals surface area contributed by atoms with Crippen LogP contribution in [0.3, 0.4) is 0 Å². The van der Waals surface area contributed by atoms with Crippen molar-refractivity contribution >= 4 is 17.7 Å². The summed E-state index contributed by atoms with van der Waals surface area (Å²) < 4.78 is 57.7. The molecule has 3 aromatic rings. The van der Waals surface area contributed by atoms with E-state index < -0.39 is 53.5 Å². The Hall–Kier alpha value is -3.47. The van der Waals surface area contributed by atoms with Crippen molar-refractivity contribution in [1.82, 2.24) is 9.58 Å². The van der Waals surface area contributed by atoms with Crippen molar-refractivity contribution in [3.63, 3.8) is 0 Å². The summed E-state index contributed by atoms with van der Waals surface area (Å²) in [6, 6.07) is 9.58. The van der Waals surface area contributed by atoms with E-state index in [1.54, 1.807) is 24.3 Å². The number of rotatable bonds is 2. The van der Waals surface area contributed by atoms with Crippen LogP contribution in [-0.4, -0.2) is 39.5 Å². The topological polar surface area (TPSA) is 65.8 Å². The standard InChI is InChI=1S/C24H19F4N3O3S/c1-13(24(26,27)28)29-12-31(30-10-9-17(32)22(33)21(30)23(29)34)20-15-6-2-3-8-18(15)35-11-14-5-4-7-16(25)19(14)20/h2-10,13,20,33H,11-12H2,1H3/t13?,20-/m1/s1. The molecule has 6 nitrogen and oxygen atoms in total. The molecule has 2 aliphatic heterocycles. The molecule has 1 aromatic heterocycles. The van der Waals surface area contributed by atoms with Crippen LogP contribution in [-0.2, 0) is 5.75 Å². The number of pyridine rings is 1. The number of hydrogen-bond donors (Lipinski definition) is 1. The highest BCUT2D eigenvalue weighted by molar-refractivity contribution is 7.98. The highest BCUT2D eigenvalue weighted by Crippen LogP contribution is 2.44. The third-order valence-electron chi connectivity index (χ3n) is 6.34. The van der Waals surface area contributed by atoms with E-state index in [9.17, 15) is 27.9 Å². The smallest absolute Gasteiger partial charge is 0.408 e. The van der Waals surface area contributed by atoms with Crippen molar-refractivity contribution in [2.45, 2.75) is 35.8 Å². The first-order valence-corrected chi connectivity index (χ1v) is 11.7. The first kappa shape index (κ1) is 23.3. The Morgan fingerprint density at radius 1 is 1.09 bits per heavy atom. The molecule has 11 heteroatoms. The first-order chi connectivity index (χ1) is 16.6. The lowest BCUT2D eigenvalue weighted by Gasteiger charge is -2.46. The van der Waals surface area contributed by atoms with Crippen LogP contribution in [0, 0.1) is 5.82 Å². The van der Waals surface area contributed by atoms with Gasteiger partial charge >= 0.3 is 6.18 Å². The van der Waals surface area contributed by atoms with Gasteiger partial charge in [0.25, 0.3) is 5.91 Å². The summed E-state index contributed by atoms with van der Waals surface area (Å²) in [5.74, 6) is -2.24. The van der Waals surface area contributed by atoms with Crippen LogP contribution >= 0.6 is 11.8 Å². The number of hydrogen-bond acceptors (Lipinski definition) is 5. The molecule has 1 unspecified atom stereocenters. The second-order valence-corrected chi connectivity index (χ2v) is 9.35. The van der Waals surface area contributed by atoms with Crippen molar-refractivity contribution in [3.05, 3.63) is 93.2 Å². The van der Waals surface area contributed by atoms with Crippen LogP contribution in [0.1, 0.15) is 40.1 Å². The Morgan fingerprint density at radius 2 is 1.83 bits per heavy atom. The minimum Gasteiger partial charge on any atom is -0.502 e. The number of amides is 1. The fourth-order valence-electron chi connectivity index (χ4n) is 4.51. The minimum atomic E-state index is -4.77. The monoisotopic (exact) mass is 505 g/mol. The van der Waals surface area contributed by atoms with Gasteiger partial charge in [0.2, 0.25) is 5.43 Å². The van der Waals surface area contributed by atoms with Crippen molar-refractivity contribution in [2.24, 2.45) is 0 Å². The highest BCUT2D eigenvalue weighted by Gasteiger charge is 2.47. The van der Waals surface area contributed by atoms with Crippen LogP contribution in [0.25, 0.3) is 0 Å². The normalized spacial score (nSPS) is 18.4. The summed E-state index contributed by atoms with van der Waals surface area (Å²) in [4.78, 5) is 26.6. The molecule has 182 valence electrons. The van der Waals surface area contributed by atoms with Crippen LogP contribution in [0.5, 0.6) is 5.75 Å². The SMILES string of the molecule is CC(N1CN([C@@H]2c3ccccc3SCc3cccc(F)c32)n2ccc(=O)c(O)c2C1=O)C(F)(F)F. The number of aromatic hydroxyl groups is 1. The molecule has 2 aliphatic rings. The number of nitrogens with zero attached hydrogens (tertiary/aromatic N) is 3. The van der Waals surface area contributed by atoms with Crippen LogP contribution in [0.15, 0.2) is 64.4 Å². The fraction of sp³-hybridized carbons (Fsp3) is 0.250. The Kier molecular flexibility index (Phi) is 5.54. The van der Waals surface area contributed by atoms with E-state index in [0.29, 0.717) is 21.8 Å². The average Bonchev–Trinajstić information content (AvgIpc) is 2.98. The third-order valence-corrected chi connectivity index (χ3v) is 7.48. The van der Waals surface area contributed by atoms with Crippen LogP contribution in [0.2, 0.25) is 0 Å². The van der Waals surface area contributed by atoms with E-state index in [1.165, 1.54) is 29.0 Å². The fourth-order valence-corrected chi connectivity index (χ4v) is 5.59. The molecule has 0 radical (unpaired) electrons. The number of thioether (sulfide) groups is 1. The zero-order valence-electron chi connectivity index (χ0n) is 18.3. The molecule has 35 heavy (non-hydrogen) atoms. The molecule has 0 saturated carbocycles. The molecule has 0 fully saturated rings. The van der Waals surface area contributed by atoms with Gasteiger partial charge in [0.1, 0.15) is 24.6 Å². The number of fused-ring (bicyclic) bond motifs is 3. The van der Waals surface area contributed by atoms with Gasteiger partial charge in [-0.15, -0.1) is 11.8 Å². The largest absolute Gasteiger partial charge is 0.502 e. The minimum absolute atomic E-state index is 0.253. The van der Waals surface area contributed by atoms with Gasteiger partial charge in [0.15, 0.2) is 11.4 Å². The Labute approximate surface area is 201 Å². The number of halogens is 4. The summed E-state index contributed by atoms with van der Waals surface area (Å²) in [7, 11) is 0. The van der Waals surface area contributed by atoms with Crippen molar-refractivity contribution < 1.29 is 27.5 Å². The maximum Gasteiger partial charge on any atom is 0.408 e. The van der Waals surface area contributed by atoms with Gasteiger partial charge in [0, 0.05) is 28.5 Å². The van der Waals surface area contributed by atoms with E-state index >= 15 is 4.39 Å². The summed E-state index contributed by atoms with van der Waals surface area (Å²) in [5.41, 5.74) is 0.0134.